The van der Waals surface area contributed by atoms with Crippen molar-refractivity contribution in [3.63, 3.8) is 0 Å². The second-order valence-corrected chi connectivity index (χ2v) is 4.23. The molecule has 2 unspecified atom stereocenters. The SMILES string of the molecule is CNC(CC(C)C(=O)O)c1cccc(C)c1. The average molecular weight is 221 g/mol. The highest BCUT2D eigenvalue weighted by molar-refractivity contribution is 5.69. The minimum absolute atomic E-state index is 0.103. The molecular formula is C13H19NO2. The Bertz CT molecular complexity index is 363. The number of hydrogen-bond acceptors (Lipinski definition) is 2. The Morgan fingerprint density at radius 1 is 1.50 bits per heavy atom. The molecule has 0 amide bonds. The van der Waals surface area contributed by atoms with Gasteiger partial charge >= 0.3 is 5.97 Å². The molecule has 16 heavy (non-hydrogen) atoms. The average Bonchev–Trinajstić information content (AvgIpc) is 2.25. The summed E-state index contributed by atoms with van der Waals surface area (Å²) in [7, 11) is 1.86. The minimum atomic E-state index is -0.743. The molecule has 0 bridgehead atoms. The first-order valence-corrected chi connectivity index (χ1v) is 5.51. The number of benzene rings is 1. The summed E-state index contributed by atoms with van der Waals surface area (Å²) in [4.78, 5) is 10.8. The molecule has 0 aliphatic heterocycles. The number of carboxylic acid groups (broad SMARTS) is 1. The summed E-state index contributed by atoms with van der Waals surface area (Å²) in [6.07, 6.45) is 0.606. The molecule has 0 saturated carbocycles. The molecule has 88 valence electrons. The fraction of sp³-hybridized carbons (Fsp3) is 0.462. The van der Waals surface area contributed by atoms with E-state index in [1.807, 2.05) is 32.2 Å². The van der Waals surface area contributed by atoms with Crippen LogP contribution in [0.1, 0.15) is 30.5 Å². The molecular weight excluding hydrogens is 202 g/mol. The summed E-state index contributed by atoms with van der Waals surface area (Å²) < 4.78 is 0. The van der Waals surface area contributed by atoms with Crippen LogP contribution in [0.15, 0.2) is 24.3 Å². The zero-order valence-electron chi connectivity index (χ0n) is 10.0. The molecule has 0 fully saturated rings. The van der Waals surface area contributed by atoms with E-state index in [2.05, 4.69) is 11.4 Å². The molecule has 0 aliphatic rings. The van der Waals surface area contributed by atoms with Crippen LogP contribution < -0.4 is 5.32 Å². The Morgan fingerprint density at radius 2 is 2.19 bits per heavy atom. The van der Waals surface area contributed by atoms with E-state index in [4.69, 9.17) is 5.11 Å². The van der Waals surface area contributed by atoms with Gasteiger partial charge in [-0.3, -0.25) is 4.79 Å². The zero-order chi connectivity index (χ0) is 12.1. The number of carboxylic acids is 1. The predicted molar refractivity (Wildman–Crippen MR) is 64.4 cm³/mol. The van der Waals surface area contributed by atoms with Crippen LogP contribution in [0, 0.1) is 12.8 Å². The van der Waals surface area contributed by atoms with E-state index >= 15 is 0 Å². The van der Waals surface area contributed by atoms with E-state index in [1.165, 1.54) is 5.56 Å². The molecule has 3 nitrogen and oxygen atoms in total. The van der Waals surface area contributed by atoms with E-state index in [-0.39, 0.29) is 12.0 Å². The van der Waals surface area contributed by atoms with Gasteiger partial charge in [0, 0.05) is 6.04 Å². The van der Waals surface area contributed by atoms with Crippen LogP contribution in [0.2, 0.25) is 0 Å². The summed E-state index contributed by atoms with van der Waals surface area (Å²) in [6.45, 7) is 3.78. The van der Waals surface area contributed by atoms with Crippen LogP contribution >= 0.6 is 0 Å². The third-order valence-electron chi connectivity index (χ3n) is 2.80. The van der Waals surface area contributed by atoms with Gasteiger partial charge in [0.25, 0.3) is 0 Å². The quantitative estimate of drug-likeness (QED) is 0.802. The Balaban J connectivity index is 2.78. The lowest BCUT2D eigenvalue weighted by Crippen LogP contribution is -2.22. The molecule has 0 spiro atoms. The molecule has 0 aromatic heterocycles. The third kappa shape index (κ3) is 3.35. The molecule has 1 aromatic rings. The largest absolute Gasteiger partial charge is 0.481 e. The van der Waals surface area contributed by atoms with Crippen LogP contribution in [-0.2, 0) is 4.79 Å². The van der Waals surface area contributed by atoms with Crippen molar-refractivity contribution in [3.8, 4) is 0 Å². The van der Waals surface area contributed by atoms with E-state index in [0.29, 0.717) is 6.42 Å². The Labute approximate surface area is 96.5 Å². The number of rotatable bonds is 5. The first-order valence-electron chi connectivity index (χ1n) is 5.51. The standard InChI is InChI=1S/C13H19NO2/c1-9-5-4-6-11(7-9)12(14-3)8-10(2)13(15)16/h4-7,10,12,14H,8H2,1-3H3,(H,15,16). The van der Waals surface area contributed by atoms with Gasteiger partial charge in [-0.25, -0.2) is 0 Å². The lowest BCUT2D eigenvalue weighted by atomic mass is 9.95. The van der Waals surface area contributed by atoms with Gasteiger partial charge in [0.15, 0.2) is 0 Å². The molecule has 1 rings (SSSR count). The molecule has 0 saturated heterocycles. The van der Waals surface area contributed by atoms with Gasteiger partial charge in [0.1, 0.15) is 0 Å². The zero-order valence-corrected chi connectivity index (χ0v) is 10.0. The van der Waals surface area contributed by atoms with Crippen molar-refractivity contribution in [1.29, 1.82) is 0 Å². The number of aryl methyl sites for hydroxylation is 1. The normalized spacial score (nSPS) is 14.4. The summed E-state index contributed by atoms with van der Waals surface area (Å²) in [5, 5.41) is 12.1. The molecule has 0 heterocycles. The van der Waals surface area contributed by atoms with Gasteiger partial charge in [0.05, 0.1) is 5.92 Å². The highest BCUT2D eigenvalue weighted by atomic mass is 16.4. The number of aliphatic carboxylic acids is 1. The fourth-order valence-electron chi connectivity index (χ4n) is 1.76. The van der Waals surface area contributed by atoms with Crippen molar-refractivity contribution >= 4 is 5.97 Å². The van der Waals surface area contributed by atoms with E-state index in [1.54, 1.807) is 6.92 Å². The molecule has 3 heteroatoms. The highest BCUT2D eigenvalue weighted by Crippen LogP contribution is 2.21. The van der Waals surface area contributed by atoms with E-state index < -0.39 is 5.97 Å². The summed E-state index contributed by atoms with van der Waals surface area (Å²) in [5.41, 5.74) is 2.34. The van der Waals surface area contributed by atoms with Crippen molar-refractivity contribution in [2.45, 2.75) is 26.3 Å². The van der Waals surface area contributed by atoms with Crippen LogP contribution in [0.4, 0.5) is 0 Å². The van der Waals surface area contributed by atoms with Crippen molar-refractivity contribution in [1.82, 2.24) is 5.32 Å². The van der Waals surface area contributed by atoms with Gasteiger partial charge in [-0.1, -0.05) is 36.8 Å². The molecule has 1 aromatic carbocycles. The summed E-state index contributed by atoms with van der Waals surface area (Å²) in [5.74, 6) is -1.08. The van der Waals surface area contributed by atoms with Crippen LogP contribution in [0.3, 0.4) is 0 Å². The lowest BCUT2D eigenvalue weighted by Gasteiger charge is -2.19. The second kappa shape index (κ2) is 5.66. The molecule has 0 aliphatic carbocycles. The van der Waals surface area contributed by atoms with Crippen LogP contribution in [0.25, 0.3) is 0 Å². The van der Waals surface area contributed by atoms with Crippen LogP contribution in [0.5, 0.6) is 0 Å². The maximum atomic E-state index is 10.8. The van der Waals surface area contributed by atoms with Gasteiger partial charge in [-0.2, -0.15) is 0 Å². The van der Waals surface area contributed by atoms with Gasteiger partial charge in [0.2, 0.25) is 0 Å². The first kappa shape index (κ1) is 12.7. The maximum Gasteiger partial charge on any atom is 0.306 e. The van der Waals surface area contributed by atoms with Crippen molar-refractivity contribution < 1.29 is 9.90 Å². The Hall–Kier alpha value is -1.35. The second-order valence-electron chi connectivity index (χ2n) is 4.23. The summed E-state index contributed by atoms with van der Waals surface area (Å²) in [6, 6.07) is 8.27. The fourth-order valence-corrected chi connectivity index (χ4v) is 1.76. The number of carbonyl (C=O) groups is 1. The molecule has 2 N–H and O–H groups in total. The van der Waals surface area contributed by atoms with Crippen LogP contribution in [-0.4, -0.2) is 18.1 Å². The lowest BCUT2D eigenvalue weighted by molar-refractivity contribution is -0.141. The van der Waals surface area contributed by atoms with E-state index in [9.17, 15) is 4.79 Å². The maximum absolute atomic E-state index is 10.8. The summed E-state index contributed by atoms with van der Waals surface area (Å²) >= 11 is 0. The predicted octanol–water partition coefficient (Wildman–Crippen LogP) is 2.37. The monoisotopic (exact) mass is 221 g/mol. The Kier molecular flexibility index (Phi) is 4.50. The highest BCUT2D eigenvalue weighted by Gasteiger charge is 2.18. The topological polar surface area (TPSA) is 49.3 Å². The Morgan fingerprint density at radius 3 is 2.69 bits per heavy atom. The van der Waals surface area contributed by atoms with E-state index in [0.717, 1.165) is 5.56 Å². The number of hydrogen-bond donors (Lipinski definition) is 2. The molecule has 0 radical (unpaired) electrons. The van der Waals surface area contributed by atoms with Gasteiger partial charge in [-0.05, 0) is 26.0 Å². The molecule has 2 atom stereocenters. The number of nitrogens with one attached hydrogen (secondary N) is 1. The van der Waals surface area contributed by atoms with Crippen molar-refractivity contribution in [3.05, 3.63) is 35.4 Å². The third-order valence-corrected chi connectivity index (χ3v) is 2.80. The first-order chi connectivity index (χ1) is 7.54. The van der Waals surface area contributed by atoms with Crippen molar-refractivity contribution in [2.24, 2.45) is 5.92 Å². The van der Waals surface area contributed by atoms with Crippen molar-refractivity contribution in [2.75, 3.05) is 7.05 Å². The smallest absolute Gasteiger partial charge is 0.306 e. The van der Waals surface area contributed by atoms with Gasteiger partial charge in [-0.15, -0.1) is 0 Å². The minimum Gasteiger partial charge on any atom is -0.481 e. The van der Waals surface area contributed by atoms with Gasteiger partial charge < -0.3 is 10.4 Å².